The number of carbonyl (C=O) groups is 3. The minimum Gasteiger partial charge on any atom is -0.349 e. The molecule has 1 aromatic heterocycles. The lowest BCUT2D eigenvalue weighted by Crippen LogP contribution is -2.36. The number of carbonyl (C=O) groups excluding carboxylic acids is 3. The Morgan fingerprint density at radius 3 is 2.78 bits per heavy atom. The van der Waals surface area contributed by atoms with Crippen molar-refractivity contribution in [1.82, 2.24) is 25.9 Å². The summed E-state index contributed by atoms with van der Waals surface area (Å²) in [6.45, 7) is 2.19. The third-order valence-corrected chi connectivity index (χ3v) is 4.13. The first-order valence-electron chi connectivity index (χ1n) is 7.76. The number of nitrogens with one attached hydrogen (secondary N) is 3. The molecule has 1 atom stereocenters. The number of hydrogen-bond acceptors (Lipinski definition) is 5. The van der Waals surface area contributed by atoms with Crippen molar-refractivity contribution in [3.63, 3.8) is 0 Å². The second-order valence-corrected chi connectivity index (χ2v) is 5.85. The zero-order valence-corrected chi connectivity index (χ0v) is 12.9. The molecule has 1 saturated heterocycles. The Morgan fingerprint density at radius 2 is 2.04 bits per heavy atom. The van der Waals surface area contributed by atoms with Gasteiger partial charge in [-0.05, 0) is 38.2 Å². The van der Waals surface area contributed by atoms with E-state index in [0.29, 0.717) is 5.82 Å². The van der Waals surface area contributed by atoms with E-state index in [1.54, 1.807) is 0 Å². The third kappa shape index (κ3) is 3.46. The maximum absolute atomic E-state index is 11.9. The van der Waals surface area contributed by atoms with E-state index in [-0.39, 0.29) is 18.9 Å². The van der Waals surface area contributed by atoms with Crippen LogP contribution in [0.15, 0.2) is 0 Å². The van der Waals surface area contributed by atoms with Crippen molar-refractivity contribution in [2.45, 2.75) is 51.6 Å². The van der Waals surface area contributed by atoms with Gasteiger partial charge in [-0.15, -0.1) is 0 Å². The first kappa shape index (κ1) is 15.4. The average molecular weight is 317 g/mol. The van der Waals surface area contributed by atoms with E-state index in [1.807, 2.05) is 6.92 Å². The van der Waals surface area contributed by atoms with Gasteiger partial charge in [-0.1, -0.05) is 0 Å². The molecule has 1 aliphatic heterocycles. The van der Waals surface area contributed by atoms with Crippen LogP contribution in [0.5, 0.6) is 0 Å². The van der Waals surface area contributed by atoms with E-state index in [0.717, 1.165) is 30.7 Å². The molecule has 1 aliphatic carbocycles. The second kappa shape index (κ2) is 6.31. The van der Waals surface area contributed by atoms with Crippen LogP contribution in [0.2, 0.25) is 0 Å². The van der Waals surface area contributed by atoms with Crippen molar-refractivity contribution in [2.24, 2.45) is 0 Å². The monoisotopic (exact) mass is 317 g/mol. The van der Waals surface area contributed by atoms with Crippen molar-refractivity contribution in [3.8, 4) is 0 Å². The molecule has 1 fully saturated rings. The lowest BCUT2D eigenvalue weighted by Gasteiger charge is -2.17. The van der Waals surface area contributed by atoms with E-state index in [9.17, 15) is 14.4 Å². The Kier molecular flexibility index (Phi) is 4.22. The predicted molar refractivity (Wildman–Crippen MR) is 80.3 cm³/mol. The summed E-state index contributed by atoms with van der Waals surface area (Å²) >= 11 is 0. The van der Waals surface area contributed by atoms with E-state index < -0.39 is 18.0 Å². The maximum atomic E-state index is 11.9. The zero-order chi connectivity index (χ0) is 16.4. The Labute approximate surface area is 133 Å². The molecule has 8 nitrogen and oxygen atoms in total. The van der Waals surface area contributed by atoms with Crippen LogP contribution in [-0.4, -0.2) is 33.9 Å². The average Bonchev–Trinajstić information content (AvgIpc) is 2.83. The van der Waals surface area contributed by atoms with Crippen molar-refractivity contribution >= 4 is 17.8 Å². The highest BCUT2D eigenvalue weighted by atomic mass is 16.2. The van der Waals surface area contributed by atoms with Gasteiger partial charge in [-0.3, -0.25) is 14.9 Å². The number of rotatable bonds is 4. The van der Waals surface area contributed by atoms with Crippen molar-refractivity contribution in [1.29, 1.82) is 0 Å². The molecule has 1 aromatic rings. The van der Waals surface area contributed by atoms with Crippen LogP contribution < -0.4 is 16.0 Å². The van der Waals surface area contributed by atoms with Crippen LogP contribution in [0.3, 0.4) is 0 Å². The smallest absolute Gasteiger partial charge is 0.322 e. The highest BCUT2D eigenvalue weighted by Crippen LogP contribution is 2.21. The molecule has 122 valence electrons. The lowest BCUT2D eigenvalue weighted by atomic mass is 9.95. The number of hydrogen-bond donors (Lipinski definition) is 3. The summed E-state index contributed by atoms with van der Waals surface area (Å²) in [5, 5.41) is 7.19. The summed E-state index contributed by atoms with van der Waals surface area (Å²) < 4.78 is 0. The Bertz CT molecular complexity index is 673. The standard InChI is InChI=1S/C15H19N5O3/c1-8-9-4-2-3-5-10(9)18-12(17-8)7-16-13(21)6-11-14(22)20-15(23)19-11/h11H,2-7H2,1H3,(H,16,21)(H2,19,20,22,23)/t11-/m1/s1. The molecule has 3 rings (SSSR count). The molecule has 0 bridgehead atoms. The van der Waals surface area contributed by atoms with E-state index >= 15 is 0 Å². The van der Waals surface area contributed by atoms with Gasteiger partial charge in [0.15, 0.2) is 0 Å². The highest BCUT2D eigenvalue weighted by molar-refractivity contribution is 6.05. The number of aromatic nitrogens is 2. The van der Waals surface area contributed by atoms with Gasteiger partial charge in [0.2, 0.25) is 5.91 Å². The van der Waals surface area contributed by atoms with Gasteiger partial charge in [0.05, 0.1) is 13.0 Å². The molecule has 8 heteroatoms. The summed E-state index contributed by atoms with van der Waals surface area (Å²) in [7, 11) is 0. The molecular weight excluding hydrogens is 298 g/mol. The largest absolute Gasteiger partial charge is 0.349 e. The van der Waals surface area contributed by atoms with Crippen molar-refractivity contribution < 1.29 is 14.4 Å². The molecule has 0 saturated carbocycles. The predicted octanol–water partition coefficient (Wildman–Crippen LogP) is -0.122. The molecule has 0 spiro atoms. The van der Waals surface area contributed by atoms with Gasteiger partial charge < -0.3 is 10.6 Å². The number of urea groups is 1. The van der Waals surface area contributed by atoms with Gasteiger partial charge in [0.1, 0.15) is 11.9 Å². The first-order valence-corrected chi connectivity index (χ1v) is 7.76. The number of imide groups is 1. The van der Waals surface area contributed by atoms with Crippen LogP contribution in [-0.2, 0) is 29.0 Å². The summed E-state index contributed by atoms with van der Waals surface area (Å²) in [6, 6.07) is -1.38. The normalized spacial score (nSPS) is 19.8. The quantitative estimate of drug-likeness (QED) is 0.670. The topological polar surface area (TPSA) is 113 Å². The van der Waals surface area contributed by atoms with Crippen molar-refractivity contribution in [3.05, 3.63) is 22.8 Å². The summed E-state index contributed by atoms with van der Waals surface area (Å²) in [6.07, 6.45) is 4.17. The van der Waals surface area contributed by atoms with Crippen LogP contribution >= 0.6 is 0 Å². The fourth-order valence-electron chi connectivity index (χ4n) is 2.96. The molecule has 0 unspecified atom stereocenters. The third-order valence-electron chi connectivity index (χ3n) is 4.13. The summed E-state index contributed by atoms with van der Waals surface area (Å²) in [4.78, 5) is 43.3. The Morgan fingerprint density at radius 1 is 1.26 bits per heavy atom. The van der Waals surface area contributed by atoms with E-state index in [4.69, 9.17) is 0 Å². The van der Waals surface area contributed by atoms with Crippen LogP contribution in [0.4, 0.5) is 4.79 Å². The molecule has 0 radical (unpaired) electrons. The van der Waals surface area contributed by atoms with Gasteiger partial charge in [0, 0.05) is 11.4 Å². The molecule has 4 amide bonds. The van der Waals surface area contributed by atoms with Crippen LogP contribution in [0.25, 0.3) is 0 Å². The molecular formula is C15H19N5O3. The zero-order valence-electron chi connectivity index (χ0n) is 12.9. The second-order valence-electron chi connectivity index (χ2n) is 5.85. The first-order chi connectivity index (χ1) is 11.0. The van der Waals surface area contributed by atoms with Gasteiger partial charge in [-0.2, -0.15) is 0 Å². The van der Waals surface area contributed by atoms with Crippen LogP contribution in [0, 0.1) is 6.92 Å². The highest BCUT2D eigenvalue weighted by Gasteiger charge is 2.31. The Balaban J connectivity index is 1.58. The molecule has 23 heavy (non-hydrogen) atoms. The molecule has 3 N–H and O–H groups in total. The minimum absolute atomic E-state index is 0.0957. The number of amides is 4. The fraction of sp³-hybridized carbons (Fsp3) is 0.533. The number of nitrogens with zero attached hydrogens (tertiary/aromatic N) is 2. The molecule has 2 heterocycles. The summed E-state index contributed by atoms with van der Waals surface area (Å²) in [5.74, 6) is -0.228. The number of aryl methyl sites for hydroxylation is 2. The van der Waals surface area contributed by atoms with Gasteiger partial charge in [0.25, 0.3) is 5.91 Å². The maximum Gasteiger partial charge on any atom is 0.322 e. The van der Waals surface area contributed by atoms with Gasteiger partial charge in [-0.25, -0.2) is 14.8 Å². The minimum atomic E-state index is -0.811. The van der Waals surface area contributed by atoms with Gasteiger partial charge >= 0.3 is 6.03 Å². The lowest BCUT2D eigenvalue weighted by molar-refractivity contribution is -0.126. The van der Waals surface area contributed by atoms with Crippen molar-refractivity contribution in [2.75, 3.05) is 0 Å². The fourth-order valence-corrected chi connectivity index (χ4v) is 2.96. The van der Waals surface area contributed by atoms with Crippen LogP contribution in [0.1, 0.15) is 42.0 Å². The molecule has 2 aliphatic rings. The Hall–Kier alpha value is -2.51. The van der Waals surface area contributed by atoms with E-state index in [2.05, 4.69) is 25.9 Å². The molecule has 0 aromatic carbocycles. The summed E-state index contributed by atoms with van der Waals surface area (Å²) in [5.41, 5.74) is 3.29. The van der Waals surface area contributed by atoms with E-state index in [1.165, 1.54) is 12.0 Å². The number of fused-ring (bicyclic) bond motifs is 1. The SMILES string of the molecule is Cc1nc(CNC(=O)C[C@H]2NC(=O)NC2=O)nc2c1CCCC2.